The van der Waals surface area contributed by atoms with Gasteiger partial charge in [0.2, 0.25) is 5.41 Å². The van der Waals surface area contributed by atoms with Gasteiger partial charge in [0.05, 0.1) is 34.4 Å². The molecule has 0 fully saturated rings. The first kappa shape index (κ1) is 31.1. The maximum atomic E-state index is 14.5. The molecule has 0 aliphatic carbocycles. The Kier molecular flexibility index (Phi) is 7.91. The van der Waals surface area contributed by atoms with Gasteiger partial charge in [-0.3, -0.25) is 20.2 Å². The minimum absolute atomic E-state index is 0. The second-order valence-electron chi connectivity index (χ2n) is 7.64. The number of hydrogen-bond acceptors (Lipinski definition) is 4. The summed E-state index contributed by atoms with van der Waals surface area (Å²) in [6, 6.07) is 4.12. The van der Waals surface area contributed by atoms with Gasteiger partial charge in [0.15, 0.2) is 0 Å². The molecule has 0 aromatic carbocycles. The number of rotatable bonds is 4. The van der Waals surface area contributed by atoms with Crippen LogP contribution < -0.4 is 0 Å². The van der Waals surface area contributed by atoms with E-state index in [1.54, 1.807) is 0 Å². The second kappa shape index (κ2) is 10.2. The summed E-state index contributed by atoms with van der Waals surface area (Å²) < 4.78 is 164. The first-order chi connectivity index (χ1) is 17.9. The zero-order valence-electron chi connectivity index (χ0n) is 18.7. The fourth-order valence-electron chi connectivity index (χ4n) is 3.46. The van der Waals surface area contributed by atoms with E-state index < -0.39 is 64.5 Å². The van der Waals surface area contributed by atoms with Gasteiger partial charge in [-0.25, -0.2) is 0 Å². The number of nitrogens with zero attached hydrogens (tertiary/aromatic N) is 6. The summed E-state index contributed by atoms with van der Waals surface area (Å²) in [5.41, 5.74) is -11.6. The SMILES string of the molecule is FC(F)(F)c1c[c-]n(-c2cccc(C(c3cccc(-n4[c-]cc(C(F)(F)F)n4)n3)(C(F)(F)F)C(F)(F)F)n2)n1.[Pd+2]. The van der Waals surface area contributed by atoms with Crippen molar-refractivity contribution in [1.29, 1.82) is 0 Å². The molecular formula is C21H8F12N6Pd. The Balaban J connectivity index is 0.00000441. The van der Waals surface area contributed by atoms with Crippen molar-refractivity contribution in [2.24, 2.45) is 0 Å². The summed E-state index contributed by atoms with van der Waals surface area (Å²) in [4.78, 5) is 6.60. The molecule has 40 heavy (non-hydrogen) atoms. The van der Waals surface area contributed by atoms with Gasteiger partial charge in [0.25, 0.3) is 0 Å². The van der Waals surface area contributed by atoms with Crippen molar-refractivity contribution in [3.8, 4) is 11.6 Å². The minimum Gasteiger partial charge on any atom is -0.343 e. The maximum Gasteiger partial charge on any atom is 2.00 e. The predicted molar refractivity (Wildman–Crippen MR) is 103 cm³/mol. The van der Waals surface area contributed by atoms with E-state index in [9.17, 15) is 52.7 Å². The third kappa shape index (κ3) is 5.44. The molecule has 0 saturated heterocycles. The molecule has 0 unspecified atom stereocenters. The second-order valence-corrected chi connectivity index (χ2v) is 7.64. The molecule has 19 heteroatoms. The topological polar surface area (TPSA) is 61.4 Å². The van der Waals surface area contributed by atoms with Gasteiger partial charge in [0, 0.05) is 0 Å². The molecule has 4 aromatic heterocycles. The third-order valence-corrected chi connectivity index (χ3v) is 5.17. The number of aromatic nitrogens is 6. The molecule has 4 heterocycles. The Bertz CT molecular complexity index is 1370. The first-order valence-corrected chi connectivity index (χ1v) is 10.0. The Labute approximate surface area is 228 Å². The van der Waals surface area contributed by atoms with E-state index in [0.717, 1.165) is 12.1 Å². The van der Waals surface area contributed by atoms with E-state index in [-0.39, 0.29) is 29.8 Å². The molecule has 0 radical (unpaired) electrons. The van der Waals surface area contributed by atoms with E-state index in [2.05, 4.69) is 20.2 Å². The van der Waals surface area contributed by atoms with Crippen LogP contribution in [-0.2, 0) is 38.2 Å². The quantitative estimate of drug-likeness (QED) is 0.154. The Hall–Kier alpha value is -3.46. The van der Waals surface area contributed by atoms with Gasteiger partial charge in [-0.15, -0.1) is 12.1 Å². The third-order valence-electron chi connectivity index (χ3n) is 5.17. The van der Waals surface area contributed by atoms with Crippen molar-refractivity contribution >= 4 is 0 Å². The molecule has 0 amide bonds. The van der Waals surface area contributed by atoms with Gasteiger partial charge in [-0.2, -0.15) is 52.7 Å². The maximum absolute atomic E-state index is 14.5. The molecule has 0 saturated carbocycles. The largest absolute Gasteiger partial charge is 2.00 e. The molecule has 4 rings (SSSR count). The average Bonchev–Trinajstić information content (AvgIpc) is 3.48. The van der Waals surface area contributed by atoms with E-state index >= 15 is 0 Å². The Morgan fingerprint density at radius 3 is 1.15 bits per heavy atom. The normalized spacial score (nSPS) is 13.3. The number of pyridine rings is 2. The summed E-state index contributed by atoms with van der Waals surface area (Å²) in [6.45, 7) is 0. The minimum atomic E-state index is -6.22. The van der Waals surface area contributed by atoms with Crippen molar-refractivity contribution in [2.45, 2.75) is 30.1 Å². The van der Waals surface area contributed by atoms with Gasteiger partial charge in [0.1, 0.15) is 0 Å². The van der Waals surface area contributed by atoms with Crippen LogP contribution in [0.3, 0.4) is 0 Å². The molecule has 6 nitrogen and oxygen atoms in total. The van der Waals surface area contributed by atoms with Crippen LogP contribution in [0.5, 0.6) is 0 Å². The number of hydrogen-bond donors (Lipinski definition) is 0. The summed E-state index contributed by atoms with van der Waals surface area (Å²) in [5.74, 6) is -1.76. The fraction of sp³-hybridized carbons (Fsp3) is 0.238. The molecule has 0 spiro atoms. The molecule has 0 N–H and O–H groups in total. The molecule has 0 atom stereocenters. The molecule has 4 aromatic rings. The zero-order valence-corrected chi connectivity index (χ0v) is 20.2. The van der Waals surface area contributed by atoms with Crippen LogP contribution in [0.2, 0.25) is 0 Å². The standard InChI is InChI=1S/C21H8F12N6.Pd/c22-18(23,24)13-7-9-38(36-13)15-5-1-3-11(34-15)17(20(28,29)30,21(31,32)33)12-4-2-6-16(35-12)39-10-8-14(37-39)19(25,26)27;/h1-8H;/q-2;+2. The van der Waals surface area contributed by atoms with E-state index in [1.165, 1.54) is 0 Å². The zero-order chi connectivity index (χ0) is 29.0. The van der Waals surface area contributed by atoms with Crippen LogP contribution in [0.25, 0.3) is 11.6 Å². The summed E-state index contributed by atoms with van der Waals surface area (Å²) in [5, 5.41) is 6.07. The van der Waals surface area contributed by atoms with Crippen molar-refractivity contribution in [3.05, 3.63) is 83.7 Å². The Morgan fingerprint density at radius 1 is 0.525 bits per heavy atom. The van der Waals surface area contributed by atoms with E-state index in [1.807, 2.05) is 12.4 Å². The van der Waals surface area contributed by atoms with E-state index in [4.69, 9.17) is 0 Å². The van der Waals surface area contributed by atoms with Crippen molar-refractivity contribution in [2.75, 3.05) is 0 Å². The van der Waals surface area contributed by atoms with Gasteiger partial charge >= 0.3 is 45.1 Å². The first-order valence-electron chi connectivity index (χ1n) is 10.0. The van der Waals surface area contributed by atoms with Crippen molar-refractivity contribution < 1.29 is 73.1 Å². The monoisotopic (exact) mass is 678 g/mol. The van der Waals surface area contributed by atoms with Gasteiger partial charge in [-0.1, -0.05) is 36.7 Å². The fourth-order valence-corrected chi connectivity index (χ4v) is 3.46. The number of halogens is 12. The van der Waals surface area contributed by atoms with Crippen LogP contribution in [0, 0.1) is 12.4 Å². The van der Waals surface area contributed by atoms with Crippen molar-refractivity contribution in [3.63, 3.8) is 0 Å². The molecular weight excluding hydrogens is 671 g/mol. The molecule has 0 bridgehead atoms. The van der Waals surface area contributed by atoms with Crippen molar-refractivity contribution in [1.82, 2.24) is 29.5 Å². The summed E-state index contributed by atoms with van der Waals surface area (Å²) >= 11 is 0. The van der Waals surface area contributed by atoms with Crippen LogP contribution in [-0.4, -0.2) is 41.9 Å². The summed E-state index contributed by atoms with van der Waals surface area (Å²) in [6.07, 6.45) is -18.6. The predicted octanol–water partition coefficient (Wildman–Crippen LogP) is 5.89. The molecule has 216 valence electrons. The van der Waals surface area contributed by atoms with Crippen LogP contribution in [0.15, 0.2) is 48.5 Å². The molecule has 0 aliphatic rings. The van der Waals surface area contributed by atoms with Crippen LogP contribution >= 0.6 is 0 Å². The smallest absolute Gasteiger partial charge is 0.343 e. The average molecular weight is 679 g/mol. The van der Waals surface area contributed by atoms with Crippen LogP contribution in [0.4, 0.5) is 52.7 Å². The summed E-state index contributed by atoms with van der Waals surface area (Å²) in [7, 11) is 0. The number of alkyl halides is 12. The van der Waals surface area contributed by atoms with Crippen LogP contribution in [0.1, 0.15) is 22.8 Å². The molecule has 0 aliphatic heterocycles. The Morgan fingerprint density at radius 2 is 0.875 bits per heavy atom. The van der Waals surface area contributed by atoms with E-state index in [0.29, 0.717) is 36.4 Å². The van der Waals surface area contributed by atoms with Gasteiger partial charge < -0.3 is 9.36 Å². The van der Waals surface area contributed by atoms with Gasteiger partial charge in [-0.05, 0) is 12.1 Å².